The number of aliphatic hydroxyl groups is 1. The molecule has 0 saturated heterocycles. The Balaban J connectivity index is 2.16. The van der Waals surface area contributed by atoms with Gasteiger partial charge in [0.15, 0.2) is 0 Å². The van der Waals surface area contributed by atoms with Crippen molar-refractivity contribution in [3.8, 4) is 34.0 Å². The van der Waals surface area contributed by atoms with Crippen LogP contribution in [0.1, 0.15) is 25.8 Å². The highest BCUT2D eigenvalue weighted by molar-refractivity contribution is 5.77. The third kappa shape index (κ3) is 5.24. The number of aliphatic carboxylic acids is 1. The van der Waals surface area contributed by atoms with Crippen molar-refractivity contribution in [3.63, 3.8) is 0 Å². The van der Waals surface area contributed by atoms with Crippen molar-refractivity contribution in [2.24, 2.45) is 0 Å². The molecule has 0 spiro atoms. The molecule has 7 nitrogen and oxygen atoms in total. The number of para-hydroxylation sites is 1. The number of hydrogen-bond acceptors (Lipinski definition) is 5. The van der Waals surface area contributed by atoms with E-state index in [0.29, 0.717) is 47.9 Å². The molecule has 0 saturated carbocycles. The van der Waals surface area contributed by atoms with E-state index in [2.05, 4.69) is 0 Å². The molecule has 1 atom stereocenters. The predicted octanol–water partition coefficient (Wildman–Crippen LogP) is 4.02. The van der Waals surface area contributed by atoms with Crippen LogP contribution in [0.3, 0.4) is 0 Å². The van der Waals surface area contributed by atoms with E-state index in [0.717, 1.165) is 11.3 Å². The second-order valence-electron chi connectivity index (χ2n) is 7.19. The zero-order valence-electron chi connectivity index (χ0n) is 18.0. The van der Waals surface area contributed by atoms with Crippen LogP contribution in [-0.2, 0) is 17.8 Å². The number of benzene rings is 2. The maximum absolute atomic E-state index is 11.2. The summed E-state index contributed by atoms with van der Waals surface area (Å²) in [6.07, 6.45) is -0.0433. The minimum absolute atomic E-state index is 0.0893. The maximum Gasteiger partial charge on any atom is 0.307 e. The van der Waals surface area contributed by atoms with Crippen LogP contribution in [-0.4, -0.2) is 45.8 Å². The van der Waals surface area contributed by atoms with Gasteiger partial charge in [-0.05, 0) is 49.2 Å². The van der Waals surface area contributed by atoms with Gasteiger partial charge in [-0.25, -0.2) is 0 Å². The average Bonchev–Trinajstić information content (AvgIpc) is 3.17. The molecule has 0 aliphatic rings. The largest absolute Gasteiger partial charge is 0.496 e. The molecular weight excluding hydrogens is 396 g/mol. The van der Waals surface area contributed by atoms with Gasteiger partial charge in [-0.2, -0.15) is 5.10 Å². The Bertz CT molecular complexity index is 1040. The van der Waals surface area contributed by atoms with E-state index in [-0.39, 0.29) is 6.42 Å². The Morgan fingerprint density at radius 3 is 2.55 bits per heavy atom. The lowest BCUT2D eigenvalue weighted by molar-refractivity contribution is -0.136. The number of carbonyl (C=O) groups is 1. The summed E-state index contributed by atoms with van der Waals surface area (Å²) in [4.78, 5) is 11.2. The number of nitrogens with zero attached hydrogens (tertiary/aromatic N) is 2. The second-order valence-corrected chi connectivity index (χ2v) is 7.19. The summed E-state index contributed by atoms with van der Waals surface area (Å²) in [5, 5.41) is 24.2. The topological polar surface area (TPSA) is 93.8 Å². The molecule has 3 rings (SSSR count). The summed E-state index contributed by atoms with van der Waals surface area (Å²) >= 11 is 0. The van der Waals surface area contributed by atoms with E-state index in [4.69, 9.17) is 14.6 Å². The summed E-state index contributed by atoms with van der Waals surface area (Å²) in [5.41, 5.74) is 3.66. The monoisotopic (exact) mass is 424 g/mol. The number of methoxy groups -OCH3 is 1. The molecule has 0 amide bonds. The molecule has 0 aliphatic heterocycles. The lowest BCUT2D eigenvalue weighted by atomic mass is 10.0. The lowest BCUT2D eigenvalue weighted by Crippen LogP contribution is -2.16. The molecule has 0 aliphatic carbocycles. The second kappa shape index (κ2) is 10.1. The first-order valence-electron chi connectivity index (χ1n) is 10.3. The molecule has 0 fully saturated rings. The molecule has 31 heavy (non-hydrogen) atoms. The van der Waals surface area contributed by atoms with Gasteiger partial charge >= 0.3 is 5.97 Å². The quantitative estimate of drug-likeness (QED) is 0.511. The first-order chi connectivity index (χ1) is 15.0. The number of carboxylic acid groups (broad SMARTS) is 1. The average molecular weight is 424 g/mol. The highest BCUT2D eigenvalue weighted by Crippen LogP contribution is 2.36. The number of hydrogen-bond donors (Lipinski definition) is 2. The fourth-order valence-corrected chi connectivity index (χ4v) is 3.43. The molecule has 2 N–H and O–H groups in total. The maximum atomic E-state index is 11.2. The fraction of sp³-hybridized carbons (Fsp3) is 0.333. The Kier molecular flexibility index (Phi) is 7.31. The van der Waals surface area contributed by atoms with Gasteiger partial charge in [-0.15, -0.1) is 0 Å². The summed E-state index contributed by atoms with van der Waals surface area (Å²) in [7, 11) is 1.61. The van der Waals surface area contributed by atoms with Crippen molar-refractivity contribution in [3.05, 3.63) is 54.1 Å². The summed E-state index contributed by atoms with van der Waals surface area (Å²) in [6.45, 7) is 4.61. The van der Waals surface area contributed by atoms with Crippen molar-refractivity contribution < 1.29 is 24.5 Å². The molecule has 164 valence electrons. The van der Waals surface area contributed by atoms with Crippen LogP contribution in [0.4, 0.5) is 0 Å². The SMILES string of the molecule is CCOc1ccc(CC(=O)O)cc1-c1cc(-c2ccccc2OC)n(C[C@H](O)CC)n1. The van der Waals surface area contributed by atoms with Crippen molar-refractivity contribution in [1.29, 1.82) is 0 Å². The predicted molar refractivity (Wildman–Crippen MR) is 118 cm³/mol. The van der Waals surface area contributed by atoms with Crippen LogP contribution in [0.15, 0.2) is 48.5 Å². The Morgan fingerprint density at radius 1 is 1.10 bits per heavy atom. The molecule has 0 radical (unpaired) electrons. The number of aromatic nitrogens is 2. The van der Waals surface area contributed by atoms with Crippen LogP contribution >= 0.6 is 0 Å². The summed E-state index contributed by atoms with van der Waals surface area (Å²) in [6, 6.07) is 14.9. The molecule has 7 heteroatoms. The van der Waals surface area contributed by atoms with Gasteiger partial charge in [0.05, 0.1) is 44.2 Å². The van der Waals surface area contributed by atoms with Crippen LogP contribution < -0.4 is 9.47 Å². The zero-order valence-corrected chi connectivity index (χ0v) is 18.0. The normalized spacial score (nSPS) is 11.9. The van der Waals surface area contributed by atoms with Gasteiger partial charge in [0.2, 0.25) is 0 Å². The van der Waals surface area contributed by atoms with E-state index in [1.807, 2.05) is 44.2 Å². The summed E-state index contributed by atoms with van der Waals surface area (Å²) in [5.74, 6) is 0.427. The van der Waals surface area contributed by atoms with Crippen LogP contribution in [0, 0.1) is 0 Å². The Morgan fingerprint density at radius 2 is 1.87 bits per heavy atom. The Labute approximate surface area is 181 Å². The van der Waals surface area contributed by atoms with Gasteiger partial charge < -0.3 is 19.7 Å². The smallest absolute Gasteiger partial charge is 0.307 e. The molecule has 1 aromatic heterocycles. The van der Waals surface area contributed by atoms with Gasteiger partial charge in [0.25, 0.3) is 0 Å². The third-order valence-electron chi connectivity index (χ3n) is 4.99. The molecule has 0 unspecified atom stereocenters. The van der Waals surface area contributed by atoms with Gasteiger partial charge in [-0.3, -0.25) is 9.48 Å². The van der Waals surface area contributed by atoms with E-state index in [9.17, 15) is 15.0 Å². The molecule has 1 heterocycles. The van der Waals surface area contributed by atoms with Crippen molar-refractivity contribution in [2.75, 3.05) is 13.7 Å². The van der Waals surface area contributed by atoms with Gasteiger partial charge in [0.1, 0.15) is 11.5 Å². The molecule has 3 aromatic rings. The van der Waals surface area contributed by atoms with E-state index < -0.39 is 12.1 Å². The third-order valence-corrected chi connectivity index (χ3v) is 4.99. The molecular formula is C24H28N2O5. The van der Waals surface area contributed by atoms with Crippen LogP contribution in [0.5, 0.6) is 11.5 Å². The van der Waals surface area contributed by atoms with E-state index in [1.165, 1.54) is 0 Å². The van der Waals surface area contributed by atoms with Crippen molar-refractivity contribution in [1.82, 2.24) is 9.78 Å². The molecule has 2 aromatic carbocycles. The van der Waals surface area contributed by atoms with Crippen LogP contribution in [0.25, 0.3) is 22.5 Å². The van der Waals surface area contributed by atoms with Gasteiger partial charge in [-0.1, -0.05) is 25.1 Å². The summed E-state index contributed by atoms with van der Waals surface area (Å²) < 4.78 is 13.1. The minimum Gasteiger partial charge on any atom is -0.496 e. The number of aliphatic hydroxyl groups excluding tert-OH is 1. The minimum atomic E-state index is -0.901. The standard InChI is InChI=1S/C24H28N2O5/c1-4-17(27)15-26-21(18-8-6-7-9-22(18)30-3)14-20(25-26)19-12-16(13-24(28)29)10-11-23(19)31-5-2/h6-12,14,17,27H,4-5,13,15H2,1-3H3,(H,28,29)/t17-/m1/s1. The molecule has 0 bridgehead atoms. The first kappa shape index (κ1) is 22.4. The van der Waals surface area contributed by atoms with Crippen molar-refractivity contribution >= 4 is 5.97 Å². The van der Waals surface area contributed by atoms with Crippen molar-refractivity contribution in [2.45, 2.75) is 39.3 Å². The van der Waals surface area contributed by atoms with E-state index in [1.54, 1.807) is 30.0 Å². The Hall–Kier alpha value is -3.32. The van der Waals surface area contributed by atoms with E-state index >= 15 is 0 Å². The number of rotatable bonds is 10. The lowest BCUT2D eigenvalue weighted by Gasteiger charge is -2.13. The highest BCUT2D eigenvalue weighted by atomic mass is 16.5. The number of carboxylic acids is 1. The zero-order chi connectivity index (χ0) is 22.4. The van der Waals surface area contributed by atoms with Crippen LogP contribution in [0.2, 0.25) is 0 Å². The van der Waals surface area contributed by atoms with Gasteiger partial charge in [0, 0.05) is 11.1 Å². The fourth-order valence-electron chi connectivity index (χ4n) is 3.43. The highest BCUT2D eigenvalue weighted by Gasteiger charge is 2.19. The first-order valence-corrected chi connectivity index (χ1v) is 10.3. The number of ether oxygens (including phenoxy) is 2.